The van der Waals surface area contributed by atoms with Crippen LogP contribution in [-0.4, -0.2) is 26.4 Å². The molecule has 64 valence electrons. The van der Waals surface area contributed by atoms with E-state index in [-0.39, 0.29) is 5.82 Å². The number of carboxylic acids is 1. The van der Waals surface area contributed by atoms with E-state index in [1.807, 2.05) is 0 Å². The predicted molar refractivity (Wildman–Crippen MR) is 39.9 cm³/mol. The fourth-order valence-electron chi connectivity index (χ4n) is 0.869. The molecular weight excluding hydrogens is 160 g/mol. The first-order chi connectivity index (χ1) is 5.66. The maximum Gasteiger partial charge on any atom is 0.380 e. The predicted octanol–water partition coefficient (Wildman–Crippen LogP) is 0.170. The minimum absolute atomic E-state index is 0.0231. The van der Waals surface area contributed by atoms with E-state index in [2.05, 4.69) is 4.98 Å². The number of hydrogen-bond acceptors (Lipinski definition) is 3. The van der Waals surface area contributed by atoms with Crippen LogP contribution in [0.3, 0.4) is 0 Å². The van der Waals surface area contributed by atoms with Crippen molar-refractivity contribution in [3.05, 3.63) is 18.2 Å². The summed E-state index contributed by atoms with van der Waals surface area (Å²) >= 11 is 0. The first-order valence-electron chi connectivity index (χ1n) is 3.45. The van der Waals surface area contributed by atoms with Gasteiger partial charge >= 0.3 is 11.8 Å². The minimum atomic E-state index is -1.48. The van der Waals surface area contributed by atoms with Crippen LogP contribution < -0.4 is 0 Å². The van der Waals surface area contributed by atoms with Gasteiger partial charge in [-0.1, -0.05) is 0 Å². The third-order valence-corrected chi connectivity index (χ3v) is 1.45. The number of carbonyl (C=O) groups is 2. The highest BCUT2D eigenvalue weighted by atomic mass is 16.4. The molecule has 5 heteroatoms. The normalized spacial score (nSPS) is 9.75. The van der Waals surface area contributed by atoms with Gasteiger partial charge in [0, 0.05) is 18.9 Å². The number of aromatic nitrogens is 2. The van der Waals surface area contributed by atoms with E-state index in [0.717, 1.165) is 0 Å². The summed E-state index contributed by atoms with van der Waals surface area (Å²) in [6.07, 6.45) is 2.97. The van der Waals surface area contributed by atoms with Gasteiger partial charge in [0.25, 0.3) is 0 Å². The van der Waals surface area contributed by atoms with E-state index >= 15 is 0 Å². The van der Waals surface area contributed by atoms with Crippen molar-refractivity contribution in [2.45, 2.75) is 13.5 Å². The van der Waals surface area contributed by atoms with Gasteiger partial charge in [-0.3, -0.25) is 4.79 Å². The van der Waals surface area contributed by atoms with Gasteiger partial charge in [-0.05, 0) is 6.92 Å². The van der Waals surface area contributed by atoms with Crippen LogP contribution in [0.15, 0.2) is 12.4 Å². The third kappa shape index (κ3) is 1.34. The lowest BCUT2D eigenvalue weighted by atomic mass is 10.4. The summed E-state index contributed by atoms with van der Waals surface area (Å²) in [5.74, 6) is -2.47. The quantitative estimate of drug-likeness (QED) is 0.515. The van der Waals surface area contributed by atoms with E-state index in [0.29, 0.717) is 6.54 Å². The van der Waals surface area contributed by atoms with Gasteiger partial charge in [-0.2, -0.15) is 0 Å². The molecule has 0 radical (unpaired) electrons. The van der Waals surface area contributed by atoms with Crippen LogP contribution in [0, 0.1) is 0 Å². The molecule has 1 aromatic heterocycles. The maximum atomic E-state index is 10.9. The van der Waals surface area contributed by atoms with Gasteiger partial charge in [-0.15, -0.1) is 0 Å². The van der Waals surface area contributed by atoms with Crippen LogP contribution in [0.2, 0.25) is 0 Å². The molecule has 0 aliphatic carbocycles. The molecule has 0 aliphatic heterocycles. The number of aryl methyl sites for hydroxylation is 1. The summed E-state index contributed by atoms with van der Waals surface area (Å²) in [6.45, 7) is 2.34. The number of rotatable bonds is 3. The van der Waals surface area contributed by atoms with Gasteiger partial charge in [0.15, 0.2) is 5.82 Å². The Hall–Kier alpha value is -1.65. The van der Waals surface area contributed by atoms with Crippen LogP contribution in [0.4, 0.5) is 0 Å². The number of carbonyl (C=O) groups excluding carboxylic acids is 1. The van der Waals surface area contributed by atoms with Crippen LogP contribution in [0.1, 0.15) is 17.5 Å². The summed E-state index contributed by atoms with van der Waals surface area (Å²) < 4.78 is 1.48. The fraction of sp³-hybridized carbons (Fsp3) is 0.286. The van der Waals surface area contributed by atoms with Crippen molar-refractivity contribution in [2.24, 2.45) is 0 Å². The monoisotopic (exact) mass is 168 g/mol. The van der Waals surface area contributed by atoms with Crippen LogP contribution in [0.5, 0.6) is 0 Å². The minimum Gasteiger partial charge on any atom is -0.475 e. The molecule has 0 unspecified atom stereocenters. The molecule has 5 nitrogen and oxygen atoms in total. The molecule has 0 aliphatic rings. The third-order valence-electron chi connectivity index (χ3n) is 1.45. The summed E-state index contributed by atoms with van der Waals surface area (Å²) in [4.78, 5) is 24.8. The zero-order valence-corrected chi connectivity index (χ0v) is 6.52. The van der Waals surface area contributed by atoms with Gasteiger partial charge in [-0.25, -0.2) is 9.78 Å². The molecular formula is C7H8N2O3. The number of imidazole rings is 1. The molecule has 0 atom stereocenters. The molecule has 0 saturated carbocycles. The molecule has 1 heterocycles. The number of ketones is 1. The largest absolute Gasteiger partial charge is 0.475 e. The highest BCUT2D eigenvalue weighted by molar-refractivity contribution is 6.38. The second-order valence-corrected chi connectivity index (χ2v) is 2.17. The second-order valence-electron chi connectivity index (χ2n) is 2.17. The van der Waals surface area contributed by atoms with E-state index in [4.69, 9.17) is 5.11 Å². The molecule has 0 fully saturated rings. The topological polar surface area (TPSA) is 72.2 Å². The number of aliphatic carboxylic acids is 1. The van der Waals surface area contributed by atoms with E-state index in [9.17, 15) is 9.59 Å². The van der Waals surface area contributed by atoms with Crippen molar-refractivity contribution in [2.75, 3.05) is 0 Å². The second kappa shape index (κ2) is 3.17. The van der Waals surface area contributed by atoms with Crippen molar-refractivity contribution < 1.29 is 14.7 Å². The Balaban J connectivity index is 3.02. The standard InChI is InChI=1S/C7H8N2O3/c1-2-9-4-3-8-6(9)5(10)7(11)12/h3-4H,2H2,1H3,(H,11,12). The zero-order valence-electron chi connectivity index (χ0n) is 6.52. The lowest BCUT2D eigenvalue weighted by Crippen LogP contribution is -2.18. The Labute approximate surface area is 68.6 Å². The Bertz CT molecular complexity index is 316. The van der Waals surface area contributed by atoms with Crippen molar-refractivity contribution in [3.8, 4) is 0 Å². The molecule has 0 amide bonds. The molecule has 1 rings (SSSR count). The van der Waals surface area contributed by atoms with E-state index in [1.54, 1.807) is 13.1 Å². The summed E-state index contributed by atoms with van der Waals surface area (Å²) in [5.41, 5.74) is 0. The highest BCUT2D eigenvalue weighted by Crippen LogP contribution is 1.98. The van der Waals surface area contributed by atoms with E-state index in [1.165, 1.54) is 10.8 Å². The van der Waals surface area contributed by atoms with Crippen LogP contribution >= 0.6 is 0 Å². The Kier molecular flexibility index (Phi) is 2.23. The van der Waals surface area contributed by atoms with Crippen molar-refractivity contribution in [1.82, 2.24) is 9.55 Å². The van der Waals surface area contributed by atoms with Gasteiger partial charge in [0.1, 0.15) is 0 Å². The number of hydrogen-bond donors (Lipinski definition) is 1. The molecule has 0 saturated heterocycles. The molecule has 0 bridgehead atoms. The lowest BCUT2D eigenvalue weighted by Gasteiger charge is -1.98. The lowest BCUT2D eigenvalue weighted by molar-refractivity contribution is -0.131. The number of Topliss-reactive ketones (excluding diaryl/α,β-unsaturated/α-hetero) is 1. The first kappa shape index (κ1) is 8.45. The van der Waals surface area contributed by atoms with Crippen molar-refractivity contribution in [1.29, 1.82) is 0 Å². The molecule has 1 aromatic rings. The SMILES string of the molecule is CCn1ccnc1C(=O)C(=O)O. The van der Waals surface area contributed by atoms with Gasteiger partial charge in [0.05, 0.1) is 0 Å². The summed E-state index contributed by atoms with van der Waals surface area (Å²) in [5, 5.41) is 8.37. The van der Waals surface area contributed by atoms with Gasteiger partial charge < -0.3 is 9.67 Å². The van der Waals surface area contributed by atoms with Crippen molar-refractivity contribution in [3.63, 3.8) is 0 Å². The Morgan fingerprint density at radius 3 is 2.83 bits per heavy atom. The Morgan fingerprint density at radius 1 is 1.67 bits per heavy atom. The number of carboxylic acid groups (broad SMARTS) is 1. The van der Waals surface area contributed by atoms with Crippen LogP contribution in [-0.2, 0) is 11.3 Å². The summed E-state index contributed by atoms with van der Waals surface area (Å²) in [6, 6.07) is 0. The zero-order chi connectivity index (χ0) is 9.14. The molecule has 12 heavy (non-hydrogen) atoms. The molecule has 0 aromatic carbocycles. The molecule has 1 N–H and O–H groups in total. The smallest absolute Gasteiger partial charge is 0.380 e. The number of nitrogens with zero attached hydrogens (tertiary/aromatic N) is 2. The summed E-state index contributed by atoms with van der Waals surface area (Å²) in [7, 11) is 0. The average molecular weight is 168 g/mol. The van der Waals surface area contributed by atoms with Crippen LogP contribution in [0.25, 0.3) is 0 Å². The maximum absolute atomic E-state index is 10.9. The van der Waals surface area contributed by atoms with Crippen molar-refractivity contribution >= 4 is 11.8 Å². The molecule has 0 spiro atoms. The van der Waals surface area contributed by atoms with E-state index < -0.39 is 11.8 Å². The highest BCUT2D eigenvalue weighted by Gasteiger charge is 2.19. The van der Waals surface area contributed by atoms with Gasteiger partial charge in [0.2, 0.25) is 0 Å². The fourth-order valence-corrected chi connectivity index (χ4v) is 0.869. The Morgan fingerprint density at radius 2 is 2.33 bits per heavy atom. The first-order valence-corrected chi connectivity index (χ1v) is 3.45. The average Bonchev–Trinajstić information content (AvgIpc) is 2.49.